The second kappa shape index (κ2) is 8.84. The van der Waals surface area contributed by atoms with Gasteiger partial charge in [-0.05, 0) is 24.3 Å². The zero-order valence-corrected chi connectivity index (χ0v) is 16.5. The van der Waals surface area contributed by atoms with E-state index in [1.165, 1.54) is 45.6 Å². The summed E-state index contributed by atoms with van der Waals surface area (Å²) < 4.78 is 56.5. The second-order valence-corrected chi connectivity index (χ2v) is 8.42. The first-order valence-electron chi connectivity index (χ1n) is 8.80. The Hall–Kier alpha value is -2.57. The van der Waals surface area contributed by atoms with E-state index in [1.807, 2.05) is 4.90 Å². The number of carbonyl (C=O) groups excluding carboxylic acids is 1. The van der Waals surface area contributed by atoms with Gasteiger partial charge in [0.05, 0.1) is 12.7 Å². The molecule has 1 aliphatic heterocycles. The van der Waals surface area contributed by atoms with E-state index < -0.39 is 16.6 Å². The molecule has 1 aliphatic rings. The molecule has 1 saturated heterocycles. The summed E-state index contributed by atoms with van der Waals surface area (Å²) in [5.41, 5.74) is 0.453. The fourth-order valence-corrected chi connectivity index (χ4v) is 4.34. The van der Waals surface area contributed by atoms with E-state index in [2.05, 4.69) is 15.2 Å². The molecular weight excluding hydrogens is 408 g/mol. The summed E-state index contributed by atoms with van der Waals surface area (Å²) in [5.74, 6) is -0.278. The second-order valence-electron chi connectivity index (χ2n) is 6.48. The van der Waals surface area contributed by atoms with Crippen LogP contribution in [0.5, 0.6) is 5.75 Å². The molecule has 0 spiro atoms. The Kier molecular flexibility index (Phi) is 6.45. The standard InChI is InChI=1S/C17H21F2N5O4S/c1-22-11-15(10-20-22)29(26,27)24-8-6-23(7-9-24)12-16(25)21-13-2-4-14(5-3-13)28-17(18)19/h2-5,10-11,17H,6-9,12H2,1H3,(H,21,25). The highest BCUT2D eigenvalue weighted by atomic mass is 32.2. The van der Waals surface area contributed by atoms with Gasteiger partial charge in [-0.3, -0.25) is 14.4 Å². The van der Waals surface area contributed by atoms with Gasteiger partial charge in [-0.1, -0.05) is 0 Å². The van der Waals surface area contributed by atoms with Gasteiger partial charge in [0.15, 0.2) is 0 Å². The number of hydrogen-bond acceptors (Lipinski definition) is 6. The summed E-state index contributed by atoms with van der Waals surface area (Å²) >= 11 is 0. The molecule has 2 aromatic rings. The third-order valence-electron chi connectivity index (χ3n) is 4.38. The number of rotatable bonds is 7. The first-order valence-corrected chi connectivity index (χ1v) is 10.2. The zero-order valence-electron chi connectivity index (χ0n) is 15.7. The topological polar surface area (TPSA) is 96.8 Å². The number of alkyl halides is 2. The summed E-state index contributed by atoms with van der Waals surface area (Å²) in [4.78, 5) is 14.2. The number of aryl methyl sites for hydroxylation is 1. The maximum absolute atomic E-state index is 12.6. The third kappa shape index (κ3) is 5.49. The van der Waals surface area contributed by atoms with Gasteiger partial charge in [0.1, 0.15) is 10.6 Å². The SMILES string of the molecule is Cn1cc(S(=O)(=O)N2CCN(CC(=O)Nc3ccc(OC(F)F)cc3)CC2)cn1. The largest absolute Gasteiger partial charge is 0.435 e. The maximum atomic E-state index is 12.6. The van der Waals surface area contributed by atoms with Gasteiger partial charge in [-0.2, -0.15) is 18.2 Å². The number of nitrogens with one attached hydrogen (secondary N) is 1. The average molecular weight is 429 g/mol. The van der Waals surface area contributed by atoms with Gasteiger partial charge in [0.2, 0.25) is 15.9 Å². The van der Waals surface area contributed by atoms with Crippen molar-refractivity contribution in [3.05, 3.63) is 36.7 Å². The Bertz CT molecular complexity index is 941. The van der Waals surface area contributed by atoms with Crippen molar-refractivity contribution >= 4 is 21.6 Å². The summed E-state index contributed by atoms with van der Waals surface area (Å²) in [7, 11) is -1.95. The zero-order chi connectivity index (χ0) is 21.0. The lowest BCUT2D eigenvalue weighted by molar-refractivity contribution is -0.117. The number of nitrogens with zero attached hydrogens (tertiary/aromatic N) is 4. The fraction of sp³-hybridized carbons (Fsp3) is 0.412. The third-order valence-corrected chi connectivity index (χ3v) is 6.23. The number of benzene rings is 1. The lowest BCUT2D eigenvalue weighted by Crippen LogP contribution is -2.50. The summed E-state index contributed by atoms with van der Waals surface area (Å²) in [6.07, 6.45) is 2.76. The fourth-order valence-electron chi connectivity index (χ4n) is 2.93. The number of amides is 1. The molecule has 12 heteroatoms. The van der Waals surface area contributed by atoms with Crippen LogP contribution in [0.2, 0.25) is 0 Å². The molecule has 0 radical (unpaired) electrons. The van der Waals surface area contributed by atoms with E-state index in [1.54, 1.807) is 7.05 Å². The molecule has 1 aromatic heterocycles. The molecule has 0 aliphatic carbocycles. The van der Waals surface area contributed by atoms with Crippen LogP contribution < -0.4 is 10.1 Å². The molecule has 158 valence electrons. The van der Waals surface area contributed by atoms with Crippen LogP contribution in [0, 0.1) is 0 Å². The van der Waals surface area contributed by atoms with E-state index in [4.69, 9.17) is 0 Å². The Labute approximate surface area is 166 Å². The number of ether oxygens (including phenoxy) is 1. The van der Waals surface area contributed by atoms with Crippen LogP contribution in [0.3, 0.4) is 0 Å². The number of hydrogen-bond donors (Lipinski definition) is 1. The maximum Gasteiger partial charge on any atom is 0.387 e. The molecular formula is C17H21F2N5O4S. The Balaban J connectivity index is 1.48. The number of halogens is 2. The molecule has 0 bridgehead atoms. The van der Waals surface area contributed by atoms with Crippen molar-refractivity contribution < 1.29 is 26.7 Å². The van der Waals surface area contributed by atoms with Crippen molar-refractivity contribution in [3.63, 3.8) is 0 Å². The number of sulfonamides is 1. The van der Waals surface area contributed by atoms with Crippen molar-refractivity contribution in [1.29, 1.82) is 0 Å². The molecule has 0 saturated carbocycles. The van der Waals surface area contributed by atoms with Crippen molar-refractivity contribution in [2.45, 2.75) is 11.5 Å². The predicted octanol–water partition coefficient (Wildman–Crippen LogP) is 0.967. The molecule has 29 heavy (non-hydrogen) atoms. The first-order chi connectivity index (χ1) is 13.7. The molecule has 1 aromatic carbocycles. The van der Waals surface area contributed by atoms with Crippen molar-refractivity contribution in [3.8, 4) is 5.75 Å². The van der Waals surface area contributed by atoms with Crippen molar-refractivity contribution in [2.24, 2.45) is 7.05 Å². The van der Waals surface area contributed by atoms with Crippen LogP contribution in [0.25, 0.3) is 0 Å². The van der Waals surface area contributed by atoms with Gasteiger partial charge in [0.25, 0.3) is 0 Å². The molecule has 3 rings (SSSR count). The van der Waals surface area contributed by atoms with Crippen LogP contribution in [0.15, 0.2) is 41.6 Å². The molecule has 9 nitrogen and oxygen atoms in total. The van der Waals surface area contributed by atoms with E-state index >= 15 is 0 Å². The van der Waals surface area contributed by atoms with Gasteiger partial charge in [-0.25, -0.2) is 8.42 Å². The minimum absolute atomic E-state index is 0.00365. The van der Waals surface area contributed by atoms with Crippen LogP contribution in [-0.2, 0) is 21.9 Å². The smallest absolute Gasteiger partial charge is 0.387 e. The normalized spacial score (nSPS) is 16.1. The van der Waals surface area contributed by atoms with Crippen LogP contribution >= 0.6 is 0 Å². The minimum Gasteiger partial charge on any atom is -0.435 e. The highest BCUT2D eigenvalue weighted by molar-refractivity contribution is 7.89. The van der Waals surface area contributed by atoms with Crippen LogP contribution in [-0.4, -0.2) is 72.6 Å². The molecule has 0 unspecified atom stereocenters. The van der Waals surface area contributed by atoms with Gasteiger partial charge in [0, 0.05) is 45.1 Å². The van der Waals surface area contributed by atoms with Crippen LogP contribution in [0.4, 0.5) is 14.5 Å². The van der Waals surface area contributed by atoms with Gasteiger partial charge >= 0.3 is 6.61 Å². The Morgan fingerprint density at radius 2 is 1.86 bits per heavy atom. The quantitative estimate of drug-likeness (QED) is 0.705. The van der Waals surface area contributed by atoms with Gasteiger partial charge in [-0.15, -0.1) is 0 Å². The van der Waals surface area contributed by atoms with E-state index in [9.17, 15) is 22.0 Å². The molecule has 1 amide bonds. The summed E-state index contributed by atoms with van der Waals surface area (Å²) in [5, 5.41) is 6.57. The Morgan fingerprint density at radius 3 is 2.41 bits per heavy atom. The highest BCUT2D eigenvalue weighted by Gasteiger charge is 2.29. The average Bonchev–Trinajstić information content (AvgIpc) is 3.11. The molecule has 2 heterocycles. The van der Waals surface area contributed by atoms with E-state index in [0.717, 1.165) is 0 Å². The number of carbonyl (C=O) groups is 1. The number of piperazine rings is 1. The minimum atomic E-state index is -3.60. The van der Waals surface area contributed by atoms with Crippen molar-refractivity contribution in [2.75, 3.05) is 38.0 Å². The summed E-state index contributed by atoms with van der Waals surface area (Å²) in [6, 6.07) is 5.61. The first kappa shape index (κ1) is 21.1. The lowest BCUT2D eigenvalue weighted by atomic mass is 10.3. The predicted molar refractivity (Wildman–Crippen MR) is 100 cm³/mol. The van der Waals surface area contributed by atoms with Gasteiger partial charge < -0.3 is 10.1 Å². The highest BCUT2D eigenvalue weighted by Crippen LogP contribution is 2.19. The van der Waals surface area contributed by atoms with Crippen LogP contribution in [0.1, 0.15) is 0 Å². The summed E-state index contributed by atoms with van der Waals surface area (Å²) in [6.45, 7) is -1.46. The Morgan fingerprint density at radius 1 is 1.21 bits per heavy atom. The monoisotopic (exact) mass is 429 g/mol. The lowest BCUT2D eigenvalue weighted by Gasteiger charge is -2.33. The number of aromatic nitrogens is 2. The molecule has 0 atom stereocenters. The van der Waals surface area contributed by atoms with E-state index in [-0.39, 0.29) is 36.2 Å². The van der Waals surface area contributed by atoms with E-state index in [0.29, 0.717) is 18.8 Å². The molecule has 1 N–H and O–H groups in total. The van der Waals surface area contributed by atoms with Crippen molar-refractivity contribution in [1.82, 2.24) is 19.0 Å². The number of anilines is 1. The molecule has 1 fully saturated rings.